The van der Waals surface area contributed by atoms with Crippen LogP contribution in [-0.2, 0) is 17.1 Å². The highest BCUT2D eigenvalue weighted by Crippen LogP contribution is 2.22. The van der Waals surface area contributed by atoms with E-state index in [0.29, 0.717) is 16.1 Å². The first-order valence-electron chi connectivity index (χ1n) is 9.99. The minimum absolute atomic E-state index is 0.182. The quantitative estimate of drug-likeness (QED) is 0.474. The molecule has 0 spiro atoms. The van der Waals surface area contributed by atoms with Gasteiger partial charge in [0.2, 0.25) is 0 Å². The lowest BCUT2D eigenvalue weighted by atomic mass is 10.1. The molecule has 0 radical (unpaired) electrons. The van der Waals surface area contributed by atoms with Crippen molar-refractivity contribution in [2.75, 3.05) is 4.72 Å². The molecule has 3 aromatic carbocycles. The fourth-order valence-electron chi connectivity index (χ4n) is 3.55. The van der Waals surface area contributed by atoms with Gasteiger partial charge in [0.15, 0.2) is 4.80 Å². The second-order valence-corrected chi connectivity index (χ2v) is 10.5. The zero-order valence-corrected chi connectivity index (χ0v) is 19.8. The number of aryl methyl sites for hydroxylation is 4. The van der Waals surface area contributed by atoms with Crippen LogP contribution in [0.3, 0.4) is 0 Å². The molecule has 8 heteroatoms. The van der Waals surface area contributed by atoms with Crippen LogP contribution in [0.15, 0.2) is 70.6 Å². The summed E-state index contributed by atoms with van der Waals surface area (Å²) in [5.74, 6) is -0.380. The minimum atomic E-state index is -3.70. The summed E-state index contributed by atoms with van der Waals surface area (Å²) in [7, 11) is -1.80. The number of carbonyl (C=O) groups is 1. The Balaban J connectivity index is 1.59. The van der Waals surface area contributed by atoms with Gasteiger partial charge in [-0.15, -0.1) is 0 Å². The van der Waals surface area contributed by atoms with Gasteiger partial charge in [-0.1, -0.05) is 35.1 Å². The van der Waals surface area contributed by atoms with Gasteiger partial charge in [0.05, 0.1) is 15.1 Å². The van der Waals surface area contributed by atoms with Crippen molar-refractivity contribution in [2.24, 2.45) is 12.0 Å². The molecule has 1 heterocycles. The van der Waals surface area contributed by atoms with E-state index >= 15 is 0 Å². The van der Waals surface area contributed by atoms with Gasteiger partial charge in [0.25, 0.3) is 15.9 Å². The maximum atomic E-state index is 12.7. The fourth-order valence-corrected chi connectivity index (χ4v) is 5.80. The normalized spacial score (nSPS) is 12.3. The molecule has 1 amide bonds. The van der Waals surface area contributed by atoms with Gasteiger partial charge in [-0.3, -0.25) is 9.52 Å². The number of hydrogen-bond acceptors (Lipinski definition) is 4. The van der Waals surface area contributed by atoms with Crippen molar-refractivity contribution in [2.45, 2.75) is 25.7 Å². The Morgan fingerprint density at radius 1 is 0.938 bits per heavy atom. The van der Waals surface area contributed by atoms with Crippen molar-refractivity contribution in [3.8, 4) is 0 Å². The maximum absolute atomic E-state index is 12.7. The smallest absolute Gasteiger partial charge is 0.279 e. The van der Waals surface area contributed by atoms with Crippen molar-refractivity contribution < 1.29 is 13.2 Å². The van der Waals surface area contributed by atoms with Gasteiger partial charge >= 0.3 is 0 Å². The number of aromatic nitrogens is 1. The SMILES string of the molecule is Cc1ccc(S(=O)(=O)Nc2ccc(C(=O)N=c3sc4cc(C)cc(C)c4n3C)cc2)cc1. The van der Waals surface area contributed by atoms with Crippen LogP contribution in [0.5, 0.6) is 0 Å². The third-order valence-electron chi connectivity index (χ3n) is 5.15. The van der Waals surface area contributed by atoms with Crippen molar-refractivity contribution in [1.29, 1.82) is 0 Å². The third-order valence-corrected chi connectivity index (χ3v) is 7.62. The standard InChI is InChI=1S/C24H23N3O3S2/c1-15-5-11-20(12-6-15)32(29,30)26-19-9-7-18(8-10-19)23(28)25-24-27(4)22-17(3)13-16(2)14-21(22)31-24/h5-14,26H,1-4H3. The average Bonchev–Trinajstić information content (AvgIpc) is 3.03. The summed E-state index contributed by atoms with van der Waals surface area (Å²) < 4.78 is 30.6. The summed E-state index contributed by atoms with van der Waals surface area (Å²) in [6.45, 7) is 5.98. The first kappa shape index (κ1) is 22.0. The molecule has 4 rings (SSSR count). The van der Waals surface area contributed by atoms with E-state index in [1.807, 2.05) is 32.4 Å². The molecule has 0 aliphatic carbocycles. The minimum Gasteiger partial charge on any atom is -0.319 e. The molecule has 164 valence electrons. The van der Waals surface area contributed by atoms with Gasteiger partial charge < -0.3 is 4.57 Å². The van der Waals surface area contributed by atoms with Crippen LogP contribution in [0.25, 0.3) is 10.2 Å². The molecule has 0 aliphatic rings. The lowest BCUT2D eigenvalue weighted by Gasteiger charge is -2.08. The van der Waals surface area contributed by atoms with Crippen LogP contribution < -0.4 is 9.52 Å². The van der Waals surface area contributed by atoms with E-state index in [0.717, 1.165) is 21.3 Å². The number of fused-ring (bicyclic) bond motifs is 1. The Labute approximate surface area is 190 Å². The van der Waals surface area contributed by atoms with E-state index in [9.17, 15) is 13.2 Å². The molecule has 4 aromatic rings. The van der Waals surface area contributed by atoms with Gasteiger partial charge in [0, 0.05) is 18.3 Å². The zero-order chi connectivity index (χ0) is 23.0. The van der Waals surface area contributed by atoms with Crippen molar-refractivity contribution in [3.05, 3.63) is 87.7 Å². The molecular formula is C24H23N3O3S2. The maximum Gasteiger partial charge on any atom is 0.279 e. The third kappa shape index (κ3) is 4.37. The van der Waals surface area contributed by atoms with Gasteiger partial charge in [0.1, 0.15) is 0 Å². The monoisotopic (exact) mass is 465 g/mol. The van der Waals surface area contributed by atoms with Crippen molar-refractivity contribution >= 4 is 43.2 Å². The topological polar surface area (TPSA) is 80.5 Å². The number of benzene rings is 3. The molecule has 0 saturated heterocycles. The van der Waals surface area contributed by atoms with E-state index in [1.54, 1.807) is 48.5 Å². The second kappa shape index (κ2) is 8.37. The summed E-state index contributed by atoms with van der Waals surface area (Å²) in [6, 6.07) is 17.1. The zero-order valence-electron chi connectivity index (χ0n) is 18.2. The van der Waals surface area contributed by atoms with E-state index in [2.05, 4.69) is 21.8 Å². The number of hydrogen-bond donors (Lipinski definition) is 1. The molecular weight excluding hydrogens is 442 g/mol. The Hall–Kier alpha value is -3.23. The molecule has 0 saturated carbocycles. The van der Waals surface area contributed by atoms with Crippen molar-refractivity contribution in [3.63, 3.8) is 0 Å². The fraction of sp³-hybridized carbons (Fsp3) is 0.167. The molecule has 32 heavy (non-hydrogen) atoms. The molecule has 6 nitrogen and oxygen atoms in total. The molecule has 1 aromatic heterocycles. The van der Waals surface area contributed by atoms with Gasteiger partial charge in [-0.2, -0.15) is 4.99 Å². The number of rotatable bonds is 4. The van der Waals surface area contributed by atoms with E-state index in [-0.39, 0.29) is 10.8 Å². The highest BCUT2D eigenvalue weighted by atomic mass is 32.2. The Kier molecular flexibility index (Phi) is 5.75. The molecule has 0 aliphatic heterocycles. The van der Waals surface area contributed by atoms with Crippen LogP contribution in [-0.4, -0.2) is 18.9 Å². The number of sulfonamides is 1. The summed E-state index contributed by atoms with van der Waals surface area (Å²) in [4.78, 5) is 17.8. The van der Waals surface area contributed by atoms with E-state index < -0.39 is 10.0 Å². The summed E-state index contributed by atoms with van der Waals surface area (Å²) >= 11 is 1.47. The van der Waals surface area contributed by atoms with Crippen LogP contribution in [0.4, 0.5) is 5.69 Å². The van der Waals surface area contributed by atoms with E-state index in [1.165, 1.54) is 16.9 Å². The largest absolute Gasteiger partial charge is 0.319 e. The van der Waals surface area contributed by atoms with Crippen molar-refractivity contribution in [1.82, 2.24) is 4.57 Å². The number of nitrogens with zero attached hydrogens (tertiary/aromatic N) is 2. The Morgan fingerprint density at radius 2 is 1.59 bits per heavy atom. The van der Waals surface area contributed by atoms with Gasteiger partial charge in [-0.25, -0.2) is 8.42 Å². The summed E-state index contributed by atoms with van der Waals surface area (Å²) in [5.41, 5.74) is 5.10. The number of anilines is 1. The Bertz CT molecular complexity index is 1500. The Morgan fingerprint density at radius 3 is 2.25 bits per heavy atom. The molecule has 0 unspecified atom stereocenters. The van der Waals surface area contributed by atoms with Gasteiger partial charge in [-0.05, 0) is 74.4 Å². The number of thiazole rings is 1. The van der Waals surface area contributed by atoms with Crippen LogP contribution in [0, 0.1) is 20.8 Å². The van der Waals surface area contributed by atoms with Crippen LogP contribution in [0.1, 0.15) is 27.0 Å². The predicted octanol–water partition coefficient (Wildman–Crippen LogP) is 4.71. The highest BCUT2D eigenvalue weighted by Gasteiger charge is 2.14. The number of carbonyl (C=O) groups excluding carboxylic acids is 1. The van der Waals surface area contributed by atoms with E-state index in [4.69, 9.17) is 0 Å². The molecule has 0 fully saturated rings. The summed E-state index contributed by atoms with van der Waals surface area (Å²) in [6.07, 6.45) is 0. The predicted molar refractivity (Wildman–Crippen MR) is 129 cm³/mol. The second-order valence-electron chi connectivity index (χ2n) is 7.79. The summed E-state index contributed by atoms with van der Waals surface area (Å²) in [5, 5.41) is 0. The first-order chi connectivity index (χ1) is 15.1. The first-order valence-corrected chi connectivity index (χ1v) is 12.3. The average molecular weight is 466 g/mol. The van der Waals surface area contributed by atoms with Crippen LogP contribution in [0.2, 0.25) is 0 Å². The van der Waals surface area contributed by atoms with Crippen LogP contribution >= 0.6 is 11.3 Å². The molecule has 0 bridgehead atoms. The number of amides is 1. The lowest BCUT2D eigenvalue weighted by Crippen LogP contribution is -2.14. The lowest BCUT2D eigenvalue weighted by molar-refractivity contribution is 0.0998. The molecule has 1 N–H and O–H groups in total. The molecule has 0 atom stereocenters. The highest BCUT2D eigenvalue weighted by molar-refractivity contribution is 7.92. The number of nitrogens with one attached hydrogen (secondary N) is 1.